The number of thioether (sulfide) groups is 1. The molecule has 1 saturated heterocycles. The van der Waals surface area contributed by atoms with Gasteiger partial charge in [-0.25, -0.2) is 0 Å². The van der Waals surface area contributed by atoms with E-state index < -0.39 is 17.1 Å². The van der Waals surface area contributed by atoms with Crippen LogP contribution in [-0.4, -0.2) is 33.1 Å². The van der Waals surface area contributed by atoms with Gasteiger partial charge in [-0.1, -0.05) is 39.0 Å². The molecule has 7 heteroatoms. The van der Waals surface area contributed by atoms with Gasteiger partial charge in [-0.2, -0.15) is 0 Å². The number of aryl methyl sites for hydroxylation is 3. The molecule has 0 spiro atoms. The zero-order chi connectivity index (χ0) is 27.1. The number of amides is 3. The Kier molecular flexibility index (Phi) is 7.20. The van der Waals surface area contributed by atoms with Gasteiger partial charge in [-0.3, -0.25) is 19.3 Å². The summed E-state index contributed by atoms with van der Waals surface area (Å²) in [5.74, 6) is -0.867. The maximum absolute atomic E-state index is 13.0. The number of benzene rings is 2. The Morgan fingerprint density at radius 2 is 1.62 bits per heavy atom. The normalized spacial score (nSPS) is 15.1. The lowest BCUT2D eigenvalue weighted by atomic mass is 9.87. The summed E-state index contributed by atoms with van der Waals surface area (Å²) in [5, 5.41) is 2.33. The number of aromatic nitrogens is 1. The number of nitrogens with zero attached hydrogens (tertiary/aromatic N) is 2. The van der Waals surface area contributed by atoms with Gasteiger partial charge in [-0.05, 0) is 104 Å². The van der Waals surface area contributed by atoms with Crippen molar-refractivity contribution in [3.8, 4) is 5.69 Å². The first-order valence-corrected chi connectivity index (χ1v) is 13.1. The van der Waals surface area contributed by atoms with Crippen molar-refractivity contribution in [1.82, 2.24) is 9.47 Å². The third-order valence-corrected chi connectivity index (χ3v) is 7.62. The highest BCUT2D eigenvalue weighted by Crippen LogP contribution is 2.34. The number of hydrogen-bond acceptors (Lipinski definition) is 4. The largest absolute Gasteiger partial charge is 0.325 e. The zero-order valence-corrected chi connectivity index (χ0v) is 23.2. The van der Waals surface area contributed by atoms with E-state index in [1.165, 1.54) is 5.56 Å². The first-order chi connectivity index (χ1) is 17.3. The minimum Gasteiger partial charge on any atom is -0.325 e. The van der Waals surface area contributed by atoms with Gasteiger partial charge in [0.1, 0.15) is 6.54 Å². The number of carbonyl (C=O) groups is 3. The highest BCUT2D eigenvalue weighted by Gasteiger charge is 2.36. The topological polar surface area (TPSA) is 71.4 Å². The highest BCUT2D eigenvalue weighted by molar-refractivity contribution is 8.18. The van der Waals surface area contributed by atoms with Crippen LogP contribution in [0, 0.1) is 27.7 Å². The van der Waals surface area contributed by atoms with Crippen LogP contribution in [0.25, 0.3) is 11.8 Å². The average molecular weight is 516 g/mol. The molecule has 4 rings (SSSR count). The number of carbonyl (C=O) groups excluding carboxylic acids is 3. The lowest BCUT2D eigenvalue weighted by Gasteiger charge is -2.20. The molecular weight excluding hydrogens is 482 g/mol. The molecule has 1 fully saturated rings. The molecule has 2 aromatic carbocycles. The molecule has 0 bridgehead atoms. The fourth-order valence-corrected chi connectivity index (χ4v) is 5.21. The second-order valence-electron chi connectivity index (χ2n) is 10.6. The lowest BCUT2D eigenvalue weighted by Crippen LogP contribution is -2.36. The summed E-state index contributed by atoms with van der Waals surface area (Å²) >= 11 is 0.863. The van der Waals surface area contributed by atoms with Crippen molar-refractivity contribution < 1.29 is 14.4 Å². The molecule has 1 aliphatic rings. The van der Waals surface area contributed by atoms with Crippen molar-refractivity contribution in [1.29, 1.82) is 0 Å². The zero-order valence-electron chi connectivity index (χ0n) is 22.4. The third kappa shape index (κ3) is 5.57. The Labute approximate surface area is 222 Å². The number of rotatable bonds is 5. The molecule has 1 aromatic heterocycles. The predicted molar refractivity (Wildman–Crippen MR) is 151 cm³/mol. The minimum atomic E-state index is -0.454. The maximum Gasteiger partial charge on any atom is 0.294 e. The monoisotopic (exact) mass is 515 g/mol. The molecule has 0 unspecified atom stereocenters. The van der Waals surface area contributed by atoms with Gasteiger partial charge in [-0.15, -0.1) is 0 Å². The summed E-state index contributed by atoms with van der Waals surface area (Å²) < 4.78 is 2.14. The van der Waals surface area contributed by atoms with Gasteiger partial charge >= 0.3 is 0 Å². The van der Waals surface area contributed by atoms with Crippen molar-refractivity contribution in [3.63, 3.8) is 0 Å². The van der Waals surface area contributed by atoms with Gasteiger partial charge in [0.05, 0.1) is 4.91 Å². The smallest absolute Gasteiger partial charge is 0.294 e. The molecule has 3 aromatic rings. The molecule has 6 nitrogen and oxygen atoms in total. The quantitative estimate of drug-likeness (QED) is 0.385. The second kappa shape index (κ2) is 10.1. The molecule has 0 saturated carbocycles. The molecule has 37 heavy (non-hydrogen) atoms. The molecule has 0 radical (unpaired) electrons. The number of nitrogens with one attached hydrogen (secondary N) is 1. The third-order valence-electron chi connectivity index (χ3n) is 6.71. The summed E-state index contributed by atoms with van der Waals surface area (Å²) in [5.41, 5.74) is 8.04. The van der Waals surface area contributed by atoms with Crippen molar-refractivity contribution >= 4 is 40.6 Å². The van der Waals surface area contributed by atoms with Crippen molar-refractivity contribution in [2.24, 2.45) is 0 Å². The van der Waals surface area contributed by atoms with E-state index in [1.807, 2.05) is 45.9 Å². The summed E-state index contributed by atoms with van der Waals surface area (Å²) in [6.07, 6.45) is 1.74. The first kappa shape index (κ1) is 26.5. The van der Waals surface area contributed by atoms with Gasteiger partial charge in [0.15, 0.2) is 0 Å². The van der Waals surface area contributed by atoms with Crippen LogP contribution in [-0.2, 0) is 15.0 Å². The van der Waals surface area contributed by atoms with Gasteiger partial charge < -0.3 is 9.88 Å². The van der Waals surface area contributed by atoms with Crippen LogP contribution in [0.15, 0.2) is 53.4 Å². The van der Waals surface area contributed by atoms with Gasteiger partial charge in [0, 0.05) is 22.8 Å². The van der Waals surface area contributed by atoms with Crippen molar-refractivity contribution in [3.05, 3.63) is 87.1 Å². The Hall–Kier alpha value is -3.58. The van der Waals surface area contributed by atoms with Crippen LogP contribution in [0.5, 0.6) is 0 Å². The van der Waals surface area contributed by atoms with Crippen LogP contribution >= 0.6 is 11.8 Å². The molecule has 3 amide bonds. The average Bonchev–Trinajstić information content (AvgIpc) is 3.24. The first-order valence-electron chi connectivity index (χ1n) is 12.3. The Bertz CT molecular complexity index is 1430. The summed E-state index contributed by atoms with van der Waals surface area (Å²) in [6.45, 7) is 14.2. The summed E-state index contributed by atoms with van der Waals surface area (Å²) in [4.78, 5) is 39.5. The summed E-state index contributed by atoms with van der Waals surface area (Å²) in [6, 6.07) is 16.1. The molecule has 0 aliphatic carbocycles. The van der Waals surface area contributed by atoms with E-state index in [2.05, 4.69) is 54.9 Å². The van der Waals surface area contributed by atoms with E-state index in [1.54, 1.807) is 12.1 Å². The second-order valence-corrected chi connectivity index (χ2v) is 11.6. The van der Waals surface area contributed by atoms with Gasteiger partial charge in [0.25, 0.3) is 11.1 Å². The van der Waals surface area contributed by atoms with Crippen LogP contribution in [0.2, 0.25) is 0 Å². The SMILES string of the molecule is Cc1ccc(NC(=O)CN2C(=O)S/C(=C\c3cc(C)n(-c4ccc(C(C)(C)C)cc4)c3C)C2=O)cc1C. The fourth-order valence-electron chi connectivity index (χ4n) is 4.38. The number of hydrogen-bond donors (Lipinski definition) is 1. The van der Waals surface area contributed by atoms with E-state index in [4.69, 9.17) is 0 Å². The van der Waals surface area contributed by atoms with E-state index >= 15 is 0 Å². The van der Waals surface area contributed by atoms with E-state index in [0.29, 0.717) is 10.6 Å². The van der Waals surface area contributed by atoms with E-state index in [0.717, 1.165) is 50.4 Å². The fraction of sp³-hybridized carbons (Fsp3) is 0.300. The van der Waals surface area contributed by atoms with Crippen LogP contribution in [0.3, 0.4) is 0 Å². The molecule has 1 N–H and O–H groups in total. The van der Waals surface area contributed by atoms with E-state index in [9.17, 15) is 14.4 Å². The minimum absolute atomic E-state index is 0.0728. The Morgan fingerprint density at radius 1 is 0.946 bits per heavy atom. The standard InChI is InChI=1S/C30H33N3O3S/c1-18-8-11-24(14-19(18)2)31-27(34)17-32-28(35)26(37-29(32)36)16-22-15-20(3)33(21(22)4)25-12-9-23(10-13-25)30(5,6)7/h8-16H,17H2,1-7H3,(H,31,34)/b26-16-. The number of imide groups is 1. The Morgan fingerprint density at radius 3 is 2.24 bits per heavy atom. The van der Waals surface area contributed by atoms with Crippen molar-refractivity contribution in [2.45, 2.75) is 53.9 Å². The van der Waals surface area contributed by atoms with Crippen molar-refractivity contribution in [2.75, 3.05) is 11.9 Å². The maximum atomic E-state index is 13.0. The Balaban J connectivity index is 1.52. The summed E-state index contributed by atoms with van der Waals surface area (Å²) in [7, 11) is 0. The van der Waals surface area contributed by atoms with Crippen LogP contribution in [0.1, 0.15) is 54.4 Å². The van der Waals surface area contributed by atoms with Gasteiger partial charge in [0.2, 0.25) is 5.91 Å². The lowest BCUT2D eigenvalue weighted by molar-refractivity contribution is -0.127. The highest BCUT2D eigenvalue weighted by atomic mass is 32.2. The molecule has 2 heterocycles. The molecule has 0 atom stereocenters. The number of anilines is 1. The van der Waals surface area contributed by atoms with Crippen LogP contribution in [0.4, 0.5) is 10.5 Å². The van der Waals surface area contributed by atoms with Crippen LogP contribution < -0.4 is 5.32 Å². The predicted octanol–water partition coefficient (Wildman–Crippen LogP) is 6.68. The molecular formula is C30H33N3O3S. The molecule has 1 aliphatic heterocycles. The molecule has 192 valence electrons. The van der Waals surface area contributed by atoms with E-state index in [-0.39, 0.29) is 12.0 Å².